The van der Waals surface area contributed by atoms with Gasteiger partial charge in [0, 0.05) is 22.1 Å². The van der Waals surface area contributed by atoms with Gasteiger partial charge in [-0.3, -0.25) is 9.36 Å². The van der Waals surface area contributed by atoms with Gasteiger partial charge in [-0.05, 0) is 67.6 Å². The van der Waals surface area contributed by atoms with Crippen LogP contribution in [0.15, 0.2) is 78.0 Å². The standard InChI is InChI=1S/C25H24ClN5O2S/c1-17-3-7-19(8-4-17)27-15-23-29-30-25(31(23)21-11-13-22(33-2)14-12-21)34-16-24(32)28-20-9-5-18(26)6-10-20/h3-14,27H,15-16H2,1-2H3,(H,28,32). The van der Waals surface area contributed by atoms with Gasteiger partial charge in [-0.1, -0.05) is 41.1 Å². The molecule has 1 heterocycles. The molecule has 174 valence electrons. The highest BCUT2D eigenvalue weighted by molar-refractivity contribution is 7.99. The molecule has 0 atom stereocenters. The predicted molar refractivity (Wildman–Crippen MR) is 137 cm³/mol. The van der Waals surface area contributed by atoms with Gasteiger partial charge in [0.2, 0.25) is 5.91 Å². The van der Waals surface area contributed by atoms with Crippen molar-refractivity contribution >= 4 is 40.6 Å². The van der Waals surface area contributed by atoms with Crippen LogP contribution in [0.4, 0.5) is 11.4 Å². The van der Waals surface area contributed by atoms with Crippen LogP contribution < -0.4 is 15.4 Å². The third kappa shape index (κ3) is 6.09. The Hall–Kier alpha value is -3.49. The number of nitrogens with one attached hydrogen (secondary N) is 2. The molecule has 4 aromatic rings. The largest absolute Gasteiger partial charge is 0.497 e. The molecule has 2 N–H and O–H groups in total. The Labute approximate surface area is 207 Å². The van der Waals surface area contributed by atoms with Crippen molar-refractivity contribution in [2.45, 2.75) is 18.6 Å². The van der Waals surface area contributed by atoms with E-state index in [4.69, 9.17) is 16.3 Å². The summed E-state index contributed by atoms with van der Waals surface area (Å²) in [4.78, 5) is 12.5. The summed E-state index contributed by atoms with van der Waals surface area (Å²) in [5.41, 5.74) is 3.76. The fourth-order valence-electron chi connectivity index (χ4n) is 3.21. The van der Waals surface area contributed by atoms with Crippen molar-refractivity contribution in [1.29, 1.82) is 0 Å². The number of thioether (sulfide) groups is 1. The highest BCUT2D eigenvalue weighted by Crippen LogP contribution is 2.25. The topological polar surface area (TPSA) is 81.1 Å². The normalized spacial score (nSPS) is 10.7. The monoisotopic (exact) mass is 493 g/mol. The Morgan fingerprint density at radius 1 is 0.971 bits per heavy atom. The average Bonchev–Trinajstić information content (AvgIpc) is 3.26. The van der Waals surface area contributed by atoms with Crippen LogP contribution in [-0.4, -0.2) is 33.5 Å². The van der Waals surface area contributed by atoms with Crippen molar-refractivity contribution in [3.63, 3.8) is 0 Å². The van der Waals surface area contributed by atoms with E-state index < -0.39 is 0 Å². The van der Waals surface area contributed by atoms with Gasteiger partial charge in [0.15, 0.2) is 11.0 Å². The third-order valence-electron chi connectivity index (χ3n) is 4.99. The molecule has 7 nitrogen and oxygen atoms in total. The smallest absolute Gasteiger partial charge is 0.234 e. The van der Waals surface area contributed by atoms with E-state index in [1.165, 1.54) is 17.3 Å². The highest BCUT2D eigenvalue weighted by atomic mass is 35.5. The SMILES string of the molecule is COc1ccc(-n2c(CNc3ccc(C)cc3)nnc2SCC(=O)Nc2ccc(Cl)cc2)cc1. The Kier molecular flexibility index (Phi) is 7.72. The first kappa shape index (κ1) is 23.7. The number of hydrogen-bond acceptors (Lipinski definition) is 6. The number of amides is 1. The van der Waals surface area contributed by atoms with Gasteiger partial charge < -0.3 is 15.4 Å². The van der Waals surface area contributed by atoms with Gasteiger partial charge in [0.25, 0.3) is 0 Å². The molecule has 0 spiro atoms. The second kappa shape index (κ2) is 11.1. The Balaban J connectivity index is 1.51. The second-order valence-corrected chi connectivity index (χ2v) is 8.87. The van der Waals surface area contributed by atoms with Gasteiger partial charge in [0.1, 0.15) is 5.75 Å². The van der Waals surface area contributed by atoms with Crippen molar-refractivity contribution in [3.05, 3.63) is 89.2 Å². The zero-order valence-corrected chi connectivity index (χ0v) is 20.4. The number of ether oxygens (including phenoxy) is 1. The summed E-state index contributed by atoms with van der Waals surface area (Å²) < 4.78 is 7.23. The number of carbonyl (C=O) groups is 1. The molecular formula is C25H24ClN5O2S. The molecule has 0 aliphatic heterocycles. The lowest BCUT2D eigenvalue weighted by Crippen LogP contribution is -2.14. The van der Waals surface area contributed by atoms with Crippen molar-refractivity contribution in [3.8, 4) is 11.4 Å². The van der Waals surface area contributed by atoms with Crippen molar-refractivity contribution in [2.24, 2.45) is 0 Å². The Bertz CT molecular complexity index is 1240. The number of rotatable bonds is 9. The molecule has 9 heteroatoms. The molecule has 3 aromatic carbocycles. The first-order chi connectivity index (χ1) is 16.5. The quantitative estimate of drug-likeness (QED) is 0.296. The number of aromatic nitrogens is 3. The van der Waals surface area contributed by atoms with Crippen LogP contribution in [0.5, 0.6) is 5.75 Å². The van der Waals surface area contributed by atoms with Crippen molar-refractivity contribution in [2.75, 3.05) is 23.5 Å². The second-order valence-electron chi connectivity index (χ2n) is 7.50. The Morgan fingerprint density at radius 3 is 2.32 bits per heavy atom. The predicted octanol–water partition coefficient (Wildman–Crippen LogP) is 5.58. The molecule has 0 fully saturated rings. The molecule has 0 saturated carbocycles. The summed E-state index contributed by atoms with van der Waals surface area (Å²) in [5.74, 6) is 1.53. The lowest BCUT2D eigenvalue weighted by atomic mass is 10.2. The van der Waals surface area contributed by atoms with E-state index in [0.29, 0.717) is 22.4 Å². The lowest BCUT2D eigenvalue weighted by Gasteiger charge is -2.12. The molecule has 34 heavy (non-hydrogen) atoms. The number of aryl methyl sites for hydroxylation is 1. The van der Waals surface area contributed by atoms with Gasteiger partial charge in [-0.25, -0.2) is 0 Å². The first-order valence-corrected chi connectivity index (χ1v) is 12.0. The fraction of sp³-hybridized carbons (Fsp3) is 0.160. The van der Waals surface area contributed by atoms with Crippen LogP contribution in [0, 0.1) is 6.92 Å². The van der Waals surface area contributed by atoms with E-state index in [9.17, 15) is 4.79 Å². The van der Waals surface area contributed by atoms with Crippen LogP contribution in [-0.2, 0) is 11.3 Å². The van der Waals surface area contributed by atoms with E-state index in [1.807, 2.05) is 41.0 Å². The third-order valence-corrected chi connectivity index (χ3v) is 6.17. The van der Waals surface area contributed by atoms with Gasteiger partial charge in [-0.15, -0.1) is 10.2 Å². The molecule has 1 amide bonds. The van der Waals surface area contributed by atoms with E-state index in [0.717, 1.165) is 22.9 Å². The molecule has 0 aliphatic carbocycles. The average molecular weight is 494 g/mol. The van der Waals surface area contributed by atoms with Crippen LogP contribution in [0.25, 0.3) is 5.69 Å². The molecular weight excluding hydrogens is 470 g/mol. The summed E-state index contributed by atoms with van der Waals surface area (Å²) in [5, 5.41) is 16.2. The minimum atomic E-state index is -0.143. The number of anilines is 2. The van der Waals surface area contributed by atoms with Gasteiger partial charge in [0.05, 0.1) is 19.4 Å². The molecule has 1 aromatic heterocycles. The maximum Gasteiger partial charge on any atom is 0.234 e. The summed E-state index contributed by atoms with van der Waals surface area (Å²) in [6.45, 7) is 2.52. The number of benzene rings is 3. The first-order valence-electron chi connectivity index (χ1n) is 10.6. The number of hydrogen-bond donors (Lipinski definition) is 2. The fourth-order valence-corrected chi connectivity index (χ4v) is 4.11. The number of halogens is 1. The molecule has 4 rings (SSSR count). The van der Waals surface area contributed by atoms with Crippen LogP contribution in [0.2, 0.25) is 5.02 Å². The number of nitrogens with zero attached hydrogens (tertiary/aromatic N) is 3. The number of carbonyl (C=O) groups excluding carboxylic acids is 1. The molecule has 0 aliphatic rings. The van der Waals surface area contributed by atoms with Crippen molar-refractivity contribution in [1.82, 2.24) is 14.8 Å². The summed E-state index contributed by atoms with van der Waals surface area (Å²) in [6, 6.07) is 22.8. The Morgan fingerprint density at radius 2 is 1.65 bits per heavy atom. The maximum absolute atomic E-state index is 12.5. The zero-order valence-electron chi connectivity index (χ0n) is 18.8. The minimum absolute atomic E-state index is 0.143. The molecule has 0 saturated heterocycles. The summed E-state index contributed by atoms with van der Waals surface area (Å²) >= 11 is 7.23. The van der Waals surface area contributed by atoms with E-state index in [2.05, 4.69) is 39.9 Å². The van der Waals surface area contributed by atoms with E-state index >= 15 is 0 Å². The summed E-state index contributed by atoms with van der Waals surface area (Å²) in [6.07, 6.45) is 0. The molecule has 0 bridgehead atoms. The zero-order chi connectivity index (χ0) is 23.9. The minimum Gasteiger partial charge on any atom is -0.497 e. The number of methoxy groups -OCH3 is 1. The van der Waals surface area contributed by atoms with Crippen LogP contribution >= 0.6 is 23.4 Å². The van der Waals surface area contributed by atoms with Crippen molar-refractivity contribution < 1.29 is 9.53 Å². The highest BCUT2D eigenvalue weighted by Gasteiger charge is 2.16. The molecule has 0 unspecified atom stereocenters. The molecule has 0 radical (unpaired) electrons. The summed E-state index contributed by atoms with van der Waals surface area (Å²) in [7, 11) is 1.63. The van der Waals surface area contributed by atoms with Gasteiger partial charge in [-0.2, -0.15) is 0 Å². The van der Waals surface area contributed by atoms with Crippen LogP contribution in [0.1, 0.15) is 11.4 Å². The lowest BCUT2D eigenvalue weighted by molar-refractivity contribution is -0.113. The maximum atomic E-state index is 12.5. The van der Waals surface area contributed by atoms with E-state index in [1.54, 1.807) is 31.4 Å². The van der Waals surface area contributed by atoms with Gasteiger partial charge >= 0.3 is 0 Å². The van der Waals surface area contributed by atoms with Crippen LogP contribution in [0.3, 0.4) is 0 Å². The van der Waals surface area contributed by atoms with E-state index in [-0.39, 0.29) is 11.7 Å².